The Balaban J connectivity index is 2.39. The normalized spacial score (nSPS) is 24.1. The number of rotatable bonds is 0. The van der Waals surface area contributed by atoms with Crippen LogP contribution in [0.4, 0.5) is 5.69 Å². The SMILES string of the molecule is CC1Oc2ccccc2NC1(C)C. The Morgan fingerprint density at radius 1 is 1.31 bits per heavy atom. The highest BCUT2D eigenvalue weighted by Gasteiger charge is 2.32. The maximum Gasteiger partial charge on any atom is 0.142 e. The van der Waals surface area contributed by atoms with Gasteiger partial charge in [-0.3, -0.25) is 0 Å². The summed E-state index contributed by atoms with van der Waals surface area (Å²) in [5.74, 6) is 0.953. The molecule has 0 aliphatic carbocycles. The highest BCUT2D eigenvalue weighted by Crippen LogP contribution is 2.34. The monoisotopic (exact) mass is 177 g/mol. The zero-order valence-electron chi connectivity index (χ0n) is 8.29. The van der Waals surface area contributed by atoms with E-state index in [1.807, 2.05) is 24.3 Å². The lowest BCUT2D eigenvalue weighted by atomic mass is 9.96. The first-order valence-electron chi connectivity index (χ1n) is 4.63. The third-order valence-corrected chi connectivity index (χ3v) is 2.66. The van der Waals surface area contributed by atoms with Crippen molar-refractivity contribution in [2.75, 3.05) is 5.32 Å². The number of anilines is 1. The Kier molecular flexibility index (Phi) is 1.72. The van der Waals surface area contributed by atoms with Gasteiger partial charge in [0.25, 0.3) is 0 Å². The molecule has 2 heteroatoms. The van der Waals surface area contributed by atoms with Gasteiger partial charge in [0.05, 0.1) is 11.2 Å². The highest BCUT2D eigenvalue weighted by atomic mass is 16.5. The summed E-state index contributed by atoms with van der Waals surface area (Å²) < 4.78 is 5.78. The third kappa shape index (κ3) is 1.37. The fourth-order valence-electron chi connectivity index (χ4n) is 1.46. The van der Waals surface area contributed by atoms with Gasteiger partial charge in [-0.25, -0.2) is 0 Å². The summed E-state index contributed by atoms with van der Waals surface area (Å²) in [6, 6.07) is 8.05. The van der Waals surface area contributed by atoms with Gasteiger partial charge in [0.1, 0.15) is 11.9 Å². The summed E-state index contributed by atoms with van der Waals surface area (Å²) in [6.07, 6.45) is 0.197. The molecule has 0 bridgehead atoms. The predicted molar refractivity (Wildman–Crippen MR) is 54.2 cm³/mol. The van der Waals surface area contributed by atoms with Crippen molar-refractivity contribution >= 4 is 5.69 Å². The number of hydrogen-bond acceptors (Lipinski definition) is 2. The van der Waals surface area contributed by atoms with Gasteiger partial charge in [-0.1, -0.05) is 12.1 Å². The summed E-state index contributed by atoms with van der Waals surface area (Å²) in [5, 5.41) is 3.46. The quantitative estimate of drug-likeness (QED) is 0.657. The lowest BCUT2D eigenvalue weighted by molar-refractivity contribution is 0.146. The molecule has 2 rings (SSSR count). The summed E-state index contributed by atoms with van der Waals surface area (Å²) >= 11 is 0. The second kappa shape index (κ2) is 2.66. The maximum atomic E-state index is 5.78. The fraction of sp³-hybridized carbons (Fsp3) is 0.455. The first-order chi connectivity index (χ1) is 6.09. The van der Waals surface area contributed by atoms with Gasteiger partial charge in [-0.15, -0.1) is 0 Å². The molecule has 1 unspecified atom stereocenters. The molecule has 70 valence electrons. The number of fused-ring (bicyclic) bond motifs is 1. The molecule has 13 heavy (non-hydrogen) atoms. The Hall–Kier alpha value is -1.18. The van der Waals surface area contributed by atoms with Crippen LogP contribution >= 0.6 is 0 Å². The Labute approximate surface area is 78.9 Å². The van der Waals surface area contributed by atoms with Gasteiger partial charge in [0, 0.05) is 0 Å². The van der Waals surface area contributed by atoms with Crippen molar-refractivity contribution < 1.29 is 4.74 Å². The van der Waals surface area contributed by atoms with E-state index in [0.717, 1.165) is 11.4 Å². The standard InChI is InChI=1S/C11H15NO/c1-8-11(2,3)12-9-6-4-5-7-10(9)13-8/h4-8,12H,1-3H3. The topological polar surface area (TPSA) is 21.3 Å². The van der Waals surface area contributed by atoms with Crippen molar-refractivity contribution in [1.82, 2.24) is 0 Å². The second-order valence-corrected chi connectivity index (χ2v) is 4.10. The molecule has 0 aromatic heterocycles. The van der Waals surface area contributed by atoms with E-state index in [-0.39, 0.29) is 11.6 Å². The second-order valence-electron chi connectivity index (χ2n) is 4.10. The summed E-state index contributed by atoms with van der Waals surface area (Å²) in [6.45, 7) is 6.38. The average molecular weight is 177 g/mol. The molecule has 1 aromatic carbocycles. The van der Waals surface area contributed by atoms with Crippen LogP contribution in [0.3, 0.4) is 0 Å². The number of benzene rings is 1. The molecular formula is C11H15NO. The number of nitrogens with one attached hydrogen (secondary N) is 1. The lowest BCUT2D eigenvalue weighted by Crippen LogP contribution is -2.48. The smallest absolute Gasteiger partial charge is 0.142 e. The van der Waals surface area contributed by atoms with Crippen LogP contribution in [0.2, 0.25) is 0 Å². The van der Waals surface area contributed by atoms with Crippen LogP contribution in [0.25, 0.3) is 0 Å². The van der Waals surface area contributed by atoms with E-state index in [2.05, 4.69) is 26.1 Å². The van der Waals surface area contributed by atoms with Crippen molar-refractivity contribution in [2.45, 2.75) is 32.4 Å². The van der Waals surface area contributed by atoms with Crippen LogP contribution in [0.5, 0.6) is 5.75 Å². The molecule has 1 aliphatic heterocycles. The molecule has 0 saturated carbocycles. The van der Waals surface area contributed by atoms with E-state index in [9.17, 15) is 0 Å². The van der Waals surface area contributed by atoms with Crippen molar-refractivity contribution in [3.63, 3.8) is 0 Å². The summed E-state index contributed by atoms with van der Waals surface area (Å²) in [4.78, 5) is 0. The molecule has 1 atom stereocenters. The van der Waals surface area contributed by atoms with Crippen molar-refractivity contribution in [2.24, 2.45) is 0 Å². The number of ether oxygens (including phenoxy) is 1. The molecule has 2 nitrogen and oxygen atoms in total. The van der Waals surface area contributed by atoms with Gasteiger partial charge in [0.15, 0.2) is 0 Å². The zero-order chi connectivity index (χ0) is 9.47. The van der Waals surface area contributed by atoms with Gasteiger partial charge in [-0.2, -0.15) is 0 Å². The highest BCUT2D eigenvalue weighted by molar-refractivity contribution is 5.59. The molecule has 1 heterocycles. The molecule has 1 aliphatic rings. The van der Waals surface area contributed by atoms with E-state index in [0.29, 0.717) is 0 Å². The molecule has 0 fully saturated rings. The molecule has 1 aromatic rings. The summed E-state index contributed by atoms with van der Waals surface area (Å²) in [7, 11) is 0. The van der Waals surface area contributed by atoms with Gasteiger partial charge in [0.2, 0.25) is 0 Å². The van der Waals surface area contributed by atoms with Crippen LogP contribution in [-0.2, 0) is 0 Å². The van der Waals surface area contributed by atoms with E-state index in [1.54, 1.807) is 0 Å². The Morgan fingerprint density at radius 3 is 2.77 bits per heavy atom. The largest absolute Gasteiger partial charge is 0.486 e. The first kappa shape index (κ1) is 8.42. The van der Waals surface area contributed by atoms with Gasteiger partial charge >= 0.3 is 0 Å². The molecule has 1 N–H and O–H groups in total. The summed E-state index contributed by atoms with van der Waals surface area (Å²) in [5.41, 5.74) is 1.10. The Morgan fingerprint density at radius 2 is 2.00 bits per heavy atom. The minimum atomic E-state index is 0.00829. The maximum absolute atomic E-state index is 5.78. The van der Waals surface area contributed by atoms with E-state index < -0.39 is 0 Å². The minimum absolute atomic E-state index is 0.00829. The number of para-hydroxylation sites is 2. The van der Waals surface area contributed by atoms with E-state index in [4.69, 9.17) is 4.74 Å². The molecule has 0 spiro atoms. The molecule has 0 radical (unpaired) electrons. The van der Waals surface area contributed by atoms with Crippen LogP contribution in [0.1, 0.15) is 20.8 Å². The van der Waals surface area contributed by atoms with Crippen LogP contribution in [0, 0.1) is 0 Å². The Bertz CT molecular complexity index is 320. The molecule has 0 saturated heterocycles. The van der Waals surface area contributed by atoms with Crippen LogP contribution in [-0.4, -0.2) is 11.6 Å². The third-order valence-electron chi connectivity index (χ3n) is 2.66. The van der Waals surface area contributed by atoms with Crippen LogP contribution in [0.15, 0.2) is 24.3 Å². The van der Waals surface area contributed by atoms with Gasteiger partial charge < -0.3 is 10.1 Å². The lowest BCUT2D eigenvalue weighted by Gasteiger charge is -2.39. The molecule has 0 amide bonds. The number of hydrogen-bond donors (Lipinski definition) is 1. The van der Waals surface area contributed by atoms with Crippen molar-refractivity contribution in [3.8, 4) is 5.75 Å². The van der Waals surface area contributed by atoms with Gasteiger partial charge in [-0.05, 0) is 32.9 Å². The first-order valence-corrected chi connectivity index (χ1v) is 4.63. The molecular weight excluding hydrogens is 162 g/mol. The minimum Gasteiger partial charge on any atom is -0.486 e. The average Bonchev–Trinajstić information content (AvgIpc) is 2.06. The fourth-order valence-corrected chi connectivity index (χ4v) is 1.46. The van der Waals surface area contributed by atoms with Crippen molar-refractivity contribution in [1.29, 1.82) is 0 Å². The van der Waals surface area contributed by atoms with E-state index in [1.165, 1.54) is 0 Å². The zero-order valence-corrected chi connectivity index (χ0v) is 8.29. The predicted octanol–water partition coefficient (Wildman–Crippen LogP) is 2.66. The van der Waals surface area contributed by atoms with Crippen LogP contribution < -0.4 is 10.1 Å². The van der Waals surface area contributed by atoms with E-state index >= 15 is 0 Å². The van der Waals surface area contributed by atoms with Crippen molar-refractivity contribution in [3.05, 3.63) is 24.3 Å².